The van der Waals surface area contributed by atoms with Gasteiger partial charge in [-0.05, 0) is 29.7 Å². The molecule has 2 heterocycles. The van der Waals surface area contributed by atoms with E-state index < -0.39 is 0 Å². The van der Waals surface area contributed by atoms with Gasteiger partial charge in [0.15, 0.2) is 0 Å². The van der Waals surface area contributed by atoms with E-state index in [0.29, 0.717) is 5.82 Å². The lowest BCUT2D eigenvalue weighted by atomic mass is 10.0. The maximum atomic E-state index is 6.17. The zero-order chi connectivity index (χ0) is 16.5. The monoisotopic (exact) mass is 316 g/mol. The van der Waals surface area contributed by atoms with Gasteiger partial charge < -0.3 is 10.7 Å². The third kappa shape index (κ3) is 2.50. The van der Waals surface area contributed by atoms with Crippen molar-refractivity contribution in [3.8, 4) is 11.1 Å². The molecule has 4 rings (SSSR count). The Labute approximate surface area is 140 Å². The Balaban J connectivity index is 1.88. The van der Waals surface area contributed by atoms with Crippen LogP contribution < -0.4 is 5.73 Å². The minimum atomic E-state index is 0.512. The van der Waals surface area contributed by atoms with Crippen molar-refractivity contribution < 1.29 is 0 Å². The summed E-state index contributed by atoms with van der Waals surface area (Å²) in [5, 5.41) is 1.04. The van der Waals surface area contributed by atoms with Crippen molar-refractivity contribution >= 4 is 27.8 Å². The minimum Gasteiger partial charge on any atom is -0.382 e. The van der Waals surface area contributed by atoms with Crippen LogP contribution in [0.4, 0.5) is 5.82 Å². The zero-order valence-electron chi connectivity index (χ0n) is 13.7. The fraction of sp³-hybridized carbons (Fsp3) is 0.200. The van der Waals surface area contributed by atoms with Crippen molar-refractivity contribution in [1.82, 2.24) is 15.0 Å². The highest BCUT2D eigenvalue weighted by atomic mass is 15.0. The molecule has 0 amide bonds. The highest BCUT2D eigenvalue weighted by Gasteiger charge is 2.12. The lowest BCUT2D eigenvalue weighted by Gasteiger charge is -2.05. The summed E-state index contributed by atoms with van der Waals surface area (Å²) < 4.78 is 0. The Bertz CT molecular complexity index is 1000. The second-order valence-electron chi connectivity index (χ2n) is 6.11. The van der Waals surface area contributed by atoms with Gasteiger partial charge in [-0.3, -0.25) is 0 Å². The molecule has 0 aliphatic carbocycles. The van der Waals surface area contributed by atoms with Crippen LogP contribution in [0.25, 0.3) is 33.1 Å². The van der Waals surface area contributed by atoms with Crippen LogP contribution in [0.2, 0.25) is 0 Å². The Hall–Kier alpha value is -2.88. The normalized spacial score (nSPS) is 11.4. The number of hydrogen-bond acceptors (Lipinski definition) is 3. The summed E-state index contributed by atoms with van der Waals surface area (Å²) in [6, 6.07) is 16.6. The van der Waals surface area contributed by atoms with Crippen molar-refractivity contribution in [2.24, 2.45) is 0 Å². The summed E-state index contributed by atoms with van der Waals surface area (Å²) in [7, 11) is 0. The smallest absolute Gasteiger partial charge is 0.150 e. The molecule has 0 saturated carbocycles. The van der Waals surface area contributed by atoms with Gasteiger partial charge in [0.1, 0.15) is 22.7 Å². The predicted molar refractivity (Wildman–Crippen MR) is 99.9 cm³/mol. The van der Waals surface area contributed by atoms with E-state index in [1.165, 1.54) is 5.56 Å². The summed E-state index contributed by atoms with van der Waals surface area (Å²) in [6.45, 7) is 2.18. The van der Waals surface area contributed by atoms with E-state index >= 15 is 0 Å². The highest BCUT2D eigenvalue weighted by molar-refractivity contribution is 6.07. The molecular weight excluding hydrogens is 296 g/mol. The van der Waals surface area contributed by atoms with Crippen LogP contribution in [0.1, 0.15) is 25.6 Å². The summed E-state index contributed by atoms with van der Waals surface area (Å²) in [5.74, 6) is 1.50. The van der Waals surface area contributed by atoms with Gasteiger partial charge in [-0.1, -0.05) is 49.7 Å². The van der Waals surface area contributed by atoms with E-state index in [-0.39, 0.29) is 0 Å². The van der Waals surface area contributed by atoms with Crippen LogP contribution in [0.3, 0.4) is 0 Å². The zero-order valence-corrected chi connectivity index (χ0v) is 13.7. The first-order chi connectivity index (χ1) is 11.8. The van der Waals surface area contributed by atoms with Crippen molar-refractivity contribution in [3.63, 3.8) is 0 Å². The Kier molecular flexibility index (Phi) is 3.65. The molecular formula is C20H20N4. The topological polar surface area (TPSA) is 67.6 Å². The van der Waals surface area contributed by atoms with Crippen molar-refractivity contribution in [2.45, 2.75) is 26.2 Å². The van der Waals surface area contributed by atoms with Gasteiger partial charge in [-0.2, -0.15) is 0 Å². The number of pyridine rings is 1. The number of aromatic nitrogens is 3. The van der Waals surface area contributed by atoms with Crippen LogP contribution in [-0.2, 0) is 6.42 Å². The first-order valence-electron chi connectivity index (χ1n) is 8.39. The number of imidazole rings is 1. The molecule has 0 saturated heterocycles. The van der Waals surface area contributed by atoms with E-state index in [1.807, 2.05) is 18.2 Å². The molecule has 4 nitrogen and oxygen atoms in total. The van der Waals surface area contributed by atoms with E-state index in [4.69, 9.17) is 10.7 Å². The van der Waals surface area contributed by atoms with Crippen molar-refractivity contribution in [2.75, 3.05) is 5.73 Å². The molecule has 0 bridgehead atoms. The molecule has 0 atom stereocenters. The van der Waals surface area contributed by atoms with E-state index in [1.54, 1.807) is 0 Å². The molecule has 120 valence electrons. The molecule has 2 aromatic carbocycles. The van der Waals surface area contributed by atoms with Gasteiger partial charge in [-0.15, -0.1) is 0 Å². The SMILES string of the molecule is CCCCc1nc2c([nH]1)c(N)nc1cc(-c3ccccc3)ccc12. The number of nitrogen functional groups attached to an aromatic ring is 1. The second kappa shape index (κ2) is 5.96. The van der Waals surface area contributed by atoms with E-state index in [9.17, 15) is 0 Å². The Morgan fingerprint density at radius 3 is 2.62 bits per heavy atom. The number of rotatable bonds is 4. The fourth-order valence-electron chi connectivity index (χ4n) is 3.09. The Morgan fingerprint density at radius 1 is 1.00 bits per heavy atom. The maximum absolute atomic E-state index is 6.17. The molecule has 2 aromatic heterocycles. The molecule has 3 N–H and O–H groups in total. The van der Waals surface area contributed by atoms with Crippen molar-refractivity contribution in [1.29, 1.82) is 0 Å². The maximum Gasteiger partial charge on any atom is 0.150 e. The van der Waals surface area contributed by atoms with Gasteiger partial charge in [0.05, 0.1) is 5.52 Å². The third-order valence-corrected chi connectivity index (χ3v) is 4.38. The number of nitrogens with two attached hydrogens (primary N) is 1. The lowest BCUT2D eigenvalue weighted by molar-refractivity contribution is 0.765. The number of H-pyrrole nitrogens is 1. The van der Waals surface area contributed by atoms with E-state index in [0.717, 1.165) is 52.6 Å². The average molecular weight is 316 g/mol. The van der Waals surface area contributed by atoms with Crippen LogP contribution in [0, 0.1) is 0 Å². The van der Waals surface area contributed by atoms with Crippen molar-refractivity contribution in [3.05, 3.63) is 54.4 Å². The molecule has 0 spiro atoms. The van der Waals surface area contributed by atoms with Gasteiger partial charge in [0, 0.05) is 11.8 Å². The average Bonchev–Trinajstić information content (AvgIpc) is 3.05. The van der Waals surface area contributed by atoms with Crippen LogP contribution in [0.15, 0.2) is 48.5 Å². The molecule has 0 aliphatic heterocycles. The second-order valence-corrected chi connectivity index (χ2v) is 6.11. The number of nitrogens with zero attached hydrogens (tertiary/aromatic N) is 2. The molecule has 4 heteroatoms. The fourth-order valence-corrected chi connectivity index (χ4v) is 3.09. The van der Waals surface area contributed by atoms with Crippen LogP contribution in [0.5, 0.6) is 0 Å². The Morgan fingerprint density at radius 2 is 1.83 bits per heavy atom. The number of nitrogens with one attached hydrogen (secondary N) is 1. The molecule has 0 unspecified atom stereocenters. The standard InChI is InChI=1S/C20H20N4/c1-2-3-9-17-23-18-15-11-10-14(13-7-5-4-6-8-13)12-16(15)22-20(21)19(18)24-17/h4-8,10-12H,2-3,9H2,1H3,(H2,21,22)(H,23,24). The minimum absolute atomic E-state index is 0.512. The number of aryl methyl sites for hydroxylation is 1. The summed E-state index contributed by atoms with van der Waals surface area (Å²) in [5.41, 5.74) is 11.1. The first kappa shape index (κ1) is 14.7. The number of hydrogen-bond donors (Lipinski definition) is 2. The number of aromatic amines is 1. The third-order valence-electron chi connectivity index (χ3n) is 4.38. The highest BCUT2D eigenvalue weighted by Crippen LogP contribution is 2.30. The number of anilines is 1. The van der Waals surface area contributed by atoms with Gasteiger partial charge in [0.2, 0.25) is 0 Å². The van der Waals surface area contributed by atoms with Crippen LogP contribution in [-0.4, -0.2) is 15.0 Å². The van der Waals surface area contributed by atoms with E-state index in [2.05, 4.69) is 47.2 Å². The summed E-state index contributed by atoms with van der Waals surface area (Å²) in [6.07, 6.45) is 3.20. The van der Waals surface area contributed by atoms with Gasteiger partial charge in [0.25, 0.3) is 0 Å². The lowest BCUT2D eigenvalue weighted by Crippen LogP contribution is -1.93. The van der Waals surface area contributed by atoms with Crippen LogP contribution >= 0.6 is 0 Å². The molecule has 0 radical (unpaired) electrons. The summed E-state index contributed by atoms with van der Waals surface area (Å²) >= 11 is 0. The molecule has 0 aliphatic rings. The van der Waals surface area contributed by atoms with Gasteiger partial charge in [-0.25, -0.2) is 9.97 Å². The number of benzene rings is 2. The molecule has 4 aromatic rings. The predicted octanol–water partition coefficient (Wildman–Crippen LogP) is 4.70. The quantitative estimate of drug-likeness (QED) is 0.573. The van der Waals surface area contributed by atoms with Gasteiger partial charge >= 0.3 is 0 Å². The molecule has 0 fully saturated rings. The summed E-state index contributed by atoms with van der Waals surface area (Å²) in [4.78, 5) is 12.7. The molecule has 24 heavy (non-hydrogen) atoms. The largest absolute Gasteiger partial charge is 0.382 e. The first-order valence-corrected chi connectivity index (χ1v) is 8.39. The number of unbranched alkanes of at least 4 members (excludes halogenated alkanes) is 1. The number of fused-ring (bicyclic) bond motifs is 3.